The molecule has 7 N–H and O–H groups in total. The van der Waals surface area contributed by atoms with Crippen LogP contribution < -0.4 is 22.1 Å². The zero-order valence-corrected chi connectivity index (χ0v) is 20.2. The number of benzene rings is 1. The lowest BCUT2D eigenvalue weighted by molar-refractivity contribution is -0.129. The molecule has 8 nitrogen and oxygen atoms in total. The summed E-state index contributed by atoms with van der Waals surface area (Å²) in [6, 6.07) is 12.4. The van der Waals surface area contributed by atoms with E-state index < -0.39 is 12.1 Å². The summed E-state index contributed by atoms with van der Waals surface area (Å²) in [5.74, 6) is -0.599. The summed E-state index contributed by atoms with van der Waals surface area (Å²) in [5, 5.41) is 5.79. The van der Waals surface area contributed by atoms with Crippen molar-refractivity contribution in [2.75, 3.05) is 13.1 Å². The first-order valence-electron chi connectivity index (χ1n) is 11.7. The fraction of sp³-hybridized carbons (Fsp3) is 0.400. The molecule has 3 aromatic rings. The molecule has 0 aliphatic carbocycles. The highest BCUT2D eigenvalue weighted by Crippen LogP contribution is 2.18. The monoisotopic (exact) mass is 482 g/mol. The van der Waals surface area contributed by atoms with Gasteiger partial charge in [0.05, 0.1) is 12.4 Å². The van der Waals surface area contributed by atoms with Crippen molar-refractivity contribution in [2.45, 2.75) is 50.6 Å². The Hall–Kier alpha value is -3.01. The number of imidazole rings is 1. The Morgan fingerprint density at radius 1 is 1.00 bits per heavy atom. The number of aromatic amines is 1. The van der Waals surface area contributed by atoms with E-state index in [1.54, 1.807) is 23.9 Å². The minimum atomic E-state index is -0.747. The van der Waals surface area contributed by atoms with Gasteiger partial charge in [-0.05, 0) is 56.3 Å². The Balaban J connectivity index is 1.52. The van der Waals surface area contributed by atoms with Crippen LogP contribution in [0.2, 0.25) is 0 Å². The number of nitrogens with two attached hydrogens (primary N) is 2. The number of carbonyl (C=O) groups is 2. The van der Waals surface area contributed by atoms with Gasteiger partial charge >= 0.3 is 0 Å². The van der Waals surface area contributed by atoms with Crippen molar-refractivity contribution in [3.8, 4) is 0 Å². The number of H-pyrrole nitrogens is 1. The average molecular weight is 483 g/mol. The van der Waals surface area contributed by atoms with Crippen LogP contribution in [0.4, 0.5) is 0 Å². The number of rotatable bonds is 14. The van der Waals surface area contributed by atoms with Crippen LogP contribution in [-0.4, -0.2) is 47.0 Å². The highest BCUT2D eigenvalue weighted by atomic mass is 32.1. The SMILES string of the molecule is NCCCCc1ccc(CCNC(=O)[C@H](Cc2cnc[nH]2)NC(=O)[C@@H](N)Cc2ccccc2)s1. The number of aryl methyl sites for hydroxylation is 1. The Morgan fingerprint density at radius 3 is 2.47 bits per heavy atom. The third-order valence-electron chi connectivity index (χ3n) is 5.51. The zero-order chi connectivity index (χ0) is 24.2. The molecule has 0 saturated heterocycles. The number of nitrogens with zero attached hydrogens (tertiary/aromatic N) is 1. The molecule has 34 heavy (non-hydrogen) atoms. The first-order chi connectivity index (χ1) is 16.5. The fourth-order valence-corrected chi connectivity index (χ4v) is 4.69. The van der Waals surface area contributed by atoms with E-state index in [1.807, 2.05) is 30.3 Å². The maximum Gasteiger partial charge on any atom is 0.242 e. The summed E-state index contributed by atoms with van der Waals surface area (Å²) in [6.45, 7) is 1.21. The van der Waals surface area contributed by atoms with E-state index in [0.29, 0.717) is 19.4 Å². The number of hydrogen-bond acceptors (Lipinski definition) is 6. The Bertz CT molecular complexity index is 1010. The molecule has 1 aromatic carbocycles. The van der Waals surface area contributed by atoms with Crippen molar-refractivity contribution < 1.29 is 9.59 Å². The van der Waals surface area contributed by atoms with E-state index in [2.05, 4.69) is 32.7 Å². The van der Waals surface area contributed by atoms with Gasteiger partial charge in [0.1, 0.15) is 6.04 Å². The second-order valence-corrected chi connectivity index (χ2v) is 9.55. The molecule has 0 bridgehead atoms. The van der Waals surface area contributed by atoms with Crippen molar-refractivity contribution in [3.63, 3.8) is 0 Å². The summed E-state index contributed by atoms with van der Waals surface area (Å²) >= 11 is 1.77. The minimum absolute atomic E-state index is 0.241. The first kappa shape index (κ1) is 25.6. The maximum absolute atomic E-state index is 12.9. The van der Waals surface area contributed by atoms with Gasteiger partial charge in [-0.25, -0.2) is 4.98 Å². The highest BCUT2D eigenvalue weighted by Gasteiger charge is 2.24. The van der Waals surface area contributed by atoms with E-state index in [0.717, 1.165) is 43.5 Å². The van der Waals surface area contributed by atoms with Gasteiger partial charge in [-0.2, -0.15) is 0 Å². The van der Waals surface area contributed by atoms with Gasteiger partial charge in [-0.1, -0.05) is 30.3 Å². The van der Waals surface area contributed by atoms with Gasteiger partial charge in [0.15, 0.2) is 0 Å². The zero-order valence-electron chi connectivity index (χ0n) is 19.3. The molecule has 0 radical (unpaired) electrons. The fourth-order valence-electron chi connectivity index (χ4n) is 3.63. The van der Waals surface area contributed by atoms with Crippen LogP contribution >= 0.6 is 11.3 Å². The number of carbonyl (C=O) groups excluding carboxylic acids is 2. The van der Waals surface area contributed by atoms with Gasteiger partial charge in [0.2, 0.25) is 11.8 Å². The van der Waals surface area contributed by atoms with Gasteiger partial charge in [-0.3, -0.25) is 9.59 Å². The molecule has 2 aromatic heterocycles. The molecule has 182 valence electrons. The lowest BCUT2D eigenvalue weighted by atomic mass is 10.0. The number of amides is 2. The van der Waals surface area contributed by atoms with E-state index in [-0.39, 0.29) is 11.8 Å². The molecule has 0 spiro atoms. The lowest BCUT2D eigenvalue weighted by Gasteiger charge is -2.20. The van der Waals surface area contributed by atoms with Crippen LogP contribution in [0.1, 0.15) is 33.9 Å². The summed E-state index contributed by atoms with van der Waals surface area (Å²) in [7, 11) is 0. The Labute approximate surface area is 204 Å². The Kier molecular flexibility index (Phi) is 10.3. The second-order valence-electron chi connectivity index (χ2n) is 8.29. The van der Waals surface area contributed by atoms with Crippen molar-refractivity contribution in [1.82, 2.24) is 20.6 Å². The highest BCUT2D eigenvalue weighted by molar-refractivity contribution is 7.11. The molecular formula is C25H34N6O2S. The molecular weight excluding hydrogens is 448 g/mol. The Morgan fingerprint density at radius 2 is 1.76 bits per heavy atom. The van der Waals surface area contributed by atoms with Crippen LogP contribution in [0.5, 0.6) is 0 Å². The standard InChI is InChI=1S/C25H34N6O2S/c26-12-5-4-8-20-9-10-21(34-20)11-13-29-25(33)23(15-19-16-28-17-30-19)31-24(32)22(27)14-18-6-2-1-3-7-18/h1-3,6-7,9-10,16-17,22-23H,4-5,8,11-15,26-27H2,(H,28,30)(H,29,33)(H,31,32)/t22-,23-/m0/s1. The maximum atomic E-state index is 12.9. The molecule has 0 aliphatic heterocycles. The smallest absolute Gasteiger partial charge is 0.242 e. The van der Waals surface area contributed by atoms with E-state index in [1.165, 1.54) is 9.75 Å². The van der Waals surface area contributed by atoms with E-state index in [9.17, 15) is 9.59 Å². The van der Waals surface area contributed by atoms with Gasteiger partial charge in [-0.15, -0.1) is 11.3 Å². The van der Waals surface area contributed by atoms with Gasteiger partial charge < -0.3 is 27.1 Å². The summed E-state index contributed by atoms with van der Waals surface area (Å²) in [4.78, 5) is 35.3. The molecule has 0 fully saturated rings. The topological polar surface area (TPSA) is 139 Å². The quantitative estimate of drug-likeness (QED) is 0.223. The van der Waals surface area contributed by atoms with Crippen molar-refractivity contribution >= 4 is 23.2 Å². The number of unbranched alkanes of at least 4 members (excludes halogenated alkanes) is 1. The largest absolute Gasteiger partial charge is 0.354 e. The minimum Gasteiger partial charge on any atom is -0.354 e. The molecule has 0 aliphatic rings. The number of nitrogens with one attached hydrogen (secondary N) is 3. The molecule has 3 rings (SSSR count). The molecule has 0 unspecified atom stereocenters. The lowest BCUT2D eigenvalue weighted by Crippen LogP contribution is -2.53. The molecule has 2 heterocycles. The average Bonchev–Trinajstić information content (AvgIpc) is 3.51. The third kappa shape index (κ3) is 8.40. The van der Waals surface area contributed by atoms with Crippen LogP contribution in [0.3, 0.4) is 0 Å². The summed E-state index contributed by atoms with van der Waals surface area (Å²) in [6.07, 6.45) is 7.80. The predicted molar refractivity (Wildman–Crippen MR) is 135 cm³/mol. The van der Waals surface area contributed by atoms with Gasteiger partial charge in [0.25, 0.3) is 0 Å². The summed E-state index contributed by atoms with van der Waals surface area (Å²) < 4.78 is 0. The molecule has 9 heteroatoms. The van der Waals surface area contributed by atoms with Crippen LogP contribution in [-0.2, 0) is 35.3 Å². The van der Waals surface area contributed by atoms with Crippen molar-refractivity contribution in [1.29, 1.82) is 0 Å². The van der Waals surface area contributed by atoms with Crippen LogP contribution in [0.15, 0.2) is 55.0 Å². The third-order valence-corrected chi connectivity index (χ3v) is 6.72. The number of hydrogen-bond donors (Lipinski definition) is 5. The van der Waals surface area contributed by atoms with Crippen LogP contribution in [0.25, 0.3) is 0 Å². The molecule has 0 saturated carbocycles. The van der Waals surface area contributed by atoms with E-state index >= 15 is 0 Å². The number of aromatic nitrogens is 2. The van der Waals surface area contributed by atoms with Crippen molar-refractivity contribution in [3.05, 3.63) is 76.0 Å². The predicted octanol–water partition coefficient (Wildman–Crippen LogP) is 1.71. The molecule has 2 atom stereocenters. The second kappa shape index (κ2) is 13.6. The normalized spacial score (nSPS) is 12.8. The first-order valence-corrected chi connectivity index (χ1v) is 12.5. The van der Waals surface area contributed by atoms with Gasteiger partial charge in [0, 0.05) is 34.6 Å². The molecule has 2 amide bonds. The van der Waals surface area contributed by atoms with Crippen molar-refractivity contribution in [2.24, 2.45) is 11.5 Å². The number of thiophene rings is 1. The summed E-state index contributed by atoms with van der Waals surface area (Å²) in [5.41, 5.74) is 13.4. The van der Waals surface area contributed by atoms with E-state index in [4.69, 9.17) is 11.5 Å². The van der Waals surface area contributed by atoms with Crippen LogP contribution in [0, 0.1) is 0 Å².